The van der Waals surface area contributed by atoms with Crippen molar-refractivity contribution < 1.29 is 19.1 Å². The van der Waals surface area contributed by atoms with Crippen LogP contribution in [-0.2, 0) is 16.0 Å². The van der Waals surface area contributed by atoms with Gasteiger partial charge >= 0.3 is 0 Å². The van der Waals surface area contributed by atoms with Crippen molar-refractivity contribution in [3.63, 3.8) is 0 Å². The van der Waals surface area contributed by atoms with Crippen LogP contribution in [-0.4, -0.2) is 37.4 Å². The molecule has 2 aliphatic heterocycles. The second-order valence-corrected chi connectivity index (χ2v) is 6.51. The second-order valence-electron chi connectivity index (χ2n) is 6.10. The van der Waals surface area contributed by atoms with Crippen LogP contribution in [0.15, 0.2) is 36.4 Å². The summed E-state index contributed by atoms with van der Waals surface area (Å²) in [6.07, 6.45) is 0.633. The number of Topliss-reactive ketones (excluding diaryl/α,β-unsaturated/α-hetero) is 1. The SMILES string of the molecule is COc1cc2c(cc1OC)C1=C(c3ccccc3Cl)C(=O)C(=O)N1CC2. The van der Waals surface area contributed by atoms with E-state index in [2.05, 4.69) is 0 Å². The lowest BCUT2D eigenvalue weighted by Crippen LogP contribution is -2.33. The van der Waals surface area contributed by atoms with Gasteiger partial charge in [-0.1, -0.05) is 29.8 Å². The number of carbonyl (C=O) groups excluding carboxylic acids is 2. The Bertz CT molecular complexity index is 980. The van der Waals surface area contributed by atoms with Crippen LogP contribution in [0.5, 0.6) is 11.5 Å². The molecular formula is C20H16ClNO4. The van der Waals surface area contributed by atoms with Crippen molar-refractivity contribution in [3.05, 3.63) is 58.1 Å². The molecule has 0 aliphatic carbocycles. The Kier molecular flexibility index (Phi) is 3.96. The Morgan fingerprint density at radius 3 is 2.38 bits per heavy atom. The normalized spacial score (nSPS) is 15.9. The highest BCUT2D eigenvalue weighted by molar-refractivity contribution is 6.61. The van der Waals surface area contributed by atoms with Crippen LogP contribution in [0.4, 0.5) is 0 Å². The number of halogens is 1. The van der Waals surface area contributed by atoms with Gasteiger partial charge in [0.25, 0.3) is 11.7 Å². The number of hydrogen-bond donors (Lipinski definition) is 0. The van der Waals surface area contributed by atoms with Crippen molar-refractivity contribution in [1.82, 2.24) is 4.90 Å². The van der Waals surface area contributed by atoms with Crippen LogP contribution in [0, 0.1) is 0 Å². The highest BCUT2D eigenvalue weighted by atomic mass is 35.5. The number of rotatable bonds is 3. The molecule has 2 aromatic carbocycles. The van der Waals surface area contributed by atoms with E-state index in [0.717, 1.165) is 11.1 Å². The van der Waals surface area contributed by atoms with Gasteiger partial charge in [-0.15, -0.1) is 0 Å². The lowest BCUT2D eigenvalue weighted by atomic mass is 9.92. The number of methoxy groups -OCH3 is 2. The smallest absolute Gasteiger partial charge is 0.299 e. The number of fused-ring (bicyclic) bond motifs is 3. The predicted octanol–water partition coefficient (Wildman–Crippen LogP) is 3.19. The Balaban J connectivity index is 2.02. The van der Waals surface area contributed by atoms with Gasteiger partial charge in [-0.05, 0) is 30.2 Å². The third-order valence-electron chi connectivity index (χ3n) is 4.79. The van der Waals surface area contributed by atoms with Gasteiger partial charge in [0.05, 0.1) is 25.5 Å². The summed E-state index contributed by atoms with van der Waals surface area (Å²) in [6.45, 7) is 0.441. The quantitative estimate of drug-likeness (QED) is 0.780. The second kappa shape index (κ2) is 6.18. The van der Waals surface area contributed by atoms with Gasteiger partial charge in [0.2, 0.25) is 0 Å². The summed E-state index contributed by atoms with van der Waals surface area (Å²) in [4.78, 5) is 26.8. The van der Waals surface area contributed by atoms with E-state index < -0.39 is 11.7 Å². The third-order valence-corrected chi connectivity index (χ3v) is 5.12. The van der Waals surface area contributed by atoms with Crippen LogP contribution in [0.1, 0.15) is 16.7 Å². The molecule has 5 nitrogen and oxygen atoms in total. The molecule has 0 fully saturated rings. The number of ether oxygens (including phenoxy) is 2. The Labute approximate surface area is 155 Å². The Morgan fingerprint density at radius 1 is 1.00 bits per heavy atom. The zero-order valence-electron chi connectivity index (χ0n) is 14.3. The molecule has 0 saturated carbocycles. The van der Waals surface area contributed by atoms with Crippen molar-refractivity contribution >= 4 is 34.6 Å². The van der Waals surface area contributed by atoms with E-state index >= 15 is 0 Å². The molecule has 6 heteroatoms. The molecule has 132 valence electrons. The molecule has 0 radical (unpaired) electrons. The van der Waals surface area contributed by atoms with Gasteiger partial charge in [-0.25, -0.2) is 0 Å². The molecule has 1 amide bonds. The fourth-order valence-electron chi connectivity index (χ4n) is 3.56. The molecule has 2 aliphatic rings. The lowest BCUT2D eigenvalue weighted by molar-refractivity contribution is -0.138. The van der Waals surface area contributed by atoms with Crippen LogP contribution in [0.3, 0.4) is 0 Å². The number of nitrogens with zero attached hydrogens (tertiary/aromatic N) is 1. The van der Waals surface area contributed by atoms with E-state index in [1.807, 2.05) is 12.1 Å². The van der Waals surface area contributed by atoms with E-state index in [1.54, 1.807) is 38.5 Å². The summed E-state index contributed by atoms with van der Waals surface area (Å²) in [5.41, 5.74) is 3.29. The fraction of sp³-hybridized carbons (Fsp3) is 0.200. The predicted molar refractivity (Wildman–Crippen MR) is 98.2 cm³/mol. The summed E-state index contributed by atoms with van der Waals surface area (Å²) in [5.74, 6) is 0.118. The molecule has 2 heterocycles. The number of hydrogen-bond acceptors (Lipinski definition) is 4. The maximum Gasteiger partial charge on any atom is 0.299 e. The van der Waals surface area contributed by atoms with Gasteiger partial charge in [0.15, 0.2) is 11.5 Å². The summed E-state index contributed by atoms with van der Waals surface area (Å²) >= 11 is 6.32. The topological polar surface area (TPSA) is 55.8 Å². The highest BCUT2D eigenvalue weighted by Gasteiger charge is 2.42. The van der Waals surface area contributed by atoms with E-state index in [1.165, 1.54) is 4.90 Å². The fourth-order valence-corrected chi connectivity index (χ4v) is 3.79. The maximum atomic E-state index is 12.7. The van der Waals surface area contributed by atoms with Crippen molar-refractivity contribution in [2.45, 2.75) is 6.42 Å². The zero-order chi connectivity index (χ0) is 18.4. The largest absolute Gasteiger partial charge is 0.493 e. The zero-order valence-corrected chi connectivity index (χ0v) is 15.1. The van der Waals surface area contributed by atoms with Gasteiger partial charge in [0, 0.05) is 22.7 Å². The molecule has 2 aromatic rings. The van der Waals surface area contributed by atoms with E-state index in [-0.39, 0.29) is 0 Å². The monoisotopic (exact) mass is 369 g/mol. The molecule has 0 N–H and O–H groups in total. The van der Waals surface area contributed by atoms with Crippen molar-refractivity contribution in [1.29, 1.82) is 0 Å². The lowest BCUT2D eigenvalue weighted by Gasteiger charge is -2.28. The molecule has 0 spiro atoms. The molecular weight excluding hydrogens is 354 g/mol. The summed E-state index contributed by atoms with van der Waals surface area (Å²) < 4.78 is 10.8. The minimum Gasteiger partial charge on any atom is -0.493 e. The van der Waals surface area contributed by atoms with Gasteiger partial charge in [-0.3, -0.25) is 9.59 Å². The molecule has 26 heavy (non-hydrogen) atoms. The molecule has 0 bridgehead atoms. The molecule has 0 atom stereocenters. The minimum atomic E-state index is -0.532. The first-order chi connectivity index (χ1) is 12.6. The number of carbonyl (C=O) groups is 2. The van der Waals surface area contributed by atoms with Gasteiger partial charge < -0.3 is 14.4 Å². The van der Waals surface area contributed by atoms with E-state index in [0.29, 0.717) is 46.3 Å². The first-order valence-corrected chi connectivity index (χ1v) is 8.55. The Morgan fingerprint density at radius 2 is 1.69 bits per heavy atom. The van der Waals surface area contributed by atoms with Crippen molar-refractivity contribution in [2.24, 2.45) is 0 Å². The summed E-state index contributed by atoms with van der Waals surface area (Å²) in [7, 11) is 3.13. The Hall–Kier alpha value is -2.79. The van der Waals surface area contributed by atoms with E-state index in [9.17, 15) is 9.59 Å². The van der Waals surface area contributed by atoms with Crippen LogP contribution >= 0.6 is 11.6 Å². The highest BCUT2D eigenvalue weighted by Crippen LogP contribution is 2.45. The van der Waals surface area contributed by atoms with Crippen molar-refractivity contribution in [3.8, 4) is 11.5 Å². The van der Waals surface area contributed by atoms with E-state index in [4.69, 9.17) is 21.1 Å². The molecule has 0 aromatic heterocycles. The van der Waals surface area contributed by atoms with Crippen LogP contribution in [0.2, 0.25) is 5.02 Å². The average molecular weight is 370 g/mol. The van der Waals surface area contributed by atoms with Gasteiger partial charge in [-0.2, -0.15) is 0 Å². The number of benzene rings is 2. The maximum absolute atomic E-state index is 12.7. The summed E-state index contributed by atoms with van der Waals surface area (Å²) in [6, 6.07) is 10.8. The number of ketones is 1. The molecule has 0 saturated heterocycles. The van der Waals surface area contributed by atoms with Crippen LogP contribution in [0.25, 0.3) is 11.3 Å². The third kappa shape index (κ3) is 2.31. The summed E-state index contributed by atoms with van der Waals surface area (Å²) in [5, 5.41) is 0.436. The minimum absolute atomic E-state index is 0.341. The first-order valence-electron chi connectivity index (χ1n) is 8.17. The molecule has 0 unspecified atom stereocenters. The molecule has 4 rings (SSSR count). The first kappa shape index (κ1) is 16.7. The van der Waals surface area contributed by atoms with Gasteiger partial charge in [0.1, 0.15) is 0 Å². The average Bonchev–Trinajstić information content (AvgIpc) is 2.92. The number of amides is 1. The van der Waals surface area contributed by atoms with Crippen LogP contribution < -0.4 is 9.47 Å². The standard InChI is InChI=1S/C20H16ClNO4/c1-25-15-9-11-7-8-22-18(13(11)10-16(15)26-2)17(19(23)20(22)24)12-5-3-4-6-14(12)21/h3-6,9-10H,7-8H2,1-2H3. The van der Waals surface area contributed by atoms with Crippen molar-refractivity contribution in [2.75, 3.05) is 20.8 Å².